The molecule has 2 N–H and O–H groups in total. The van der Waals surface area contributed by atoms with Gasteiger partial charge >= 0.3 is 0 Å². The summed E-state index contributed by atoms with van der Waals surface area (Å²) in [5, 5.41) is 13.4. The first kappa shape index (κ1) is 25.1. The highest BCUT2D eigenvalue weighted by atomic mass is 35.5. The average molecular weight is 509 g/mol. The van der Waals surface area contributed by atoms with Gasteiger partial charge in [0.1, 0.15) is 43.0 Å². The van der Waals surface area contributed by atoms with Crippen molar-refractivity contribution in [1.29, 1.82) is 0 Å². The molecule has 0 spiro atoms. The van der Waals surface area contributed by atoms with Gasteiger partial charge in [0, 0.05) is 25.1 Å². The lowest BCUT2D eigenvalue weighted by Gasteiger charge is -2.23. The summed E-state index contributed by atoms with van der Waals surface area (Å²) in [7, 11) is 1.61. The normalized spacial score (nSPS) is 11.7. The number of rotatable bonds is 10. The van der Waals surface area contributed by atoms with Crippen LogP contribution in [0.15, 0.2) is 61.3 Å². The lowest BCUT2D eigenvalue weighted by atomic mass is 10.2. The number of nitrogens with one attached hydrogen (secondary N) is 1. The van der Waals surface area contributed by atoms with E-state index in [0.29, 0.717) is 51.2 Å². The number of anilines is 2. The van der Waals surface area contributed by atoms with E-state index < -0.39 is 6.61 Å². The van der Waals surface area contributed by atoms with Gasteiger partial charge in [-0.2, -0.15) is 0 Å². The lowest BCUT2D eigenvalue weighted by Crippen LogP contribution is -2.37. The van der Waals surface area contributed by atoms with E-state index in [4.69, 9.17) is 26.2 Å². The molecule has 2 heterocycles. The molecule has 0 aliphatic rings. The Morgan fingerprint density at radius 1 is 1.17 bits per heavy atom. The SMILES string of the molecule is C[C@H](CN(C)C(=O)CO)Oc1cccc2ncnc(Nc3ccc(OCc4cnccn4)c(Cl)c3)c12. The molecule has 4 rings (SSSR count). The van der Waals surface area contributed by atoms with Crippen molar-refractivity contribution < 1.29 is 19.4 Å². The van der Waals surface area contributed by atoms with Crippen LogP contribution in [0.2, 0.25) is 5.02 Å². The maximum atomic E-state index is 11.7. The first-order valence-electron chi connectivity index (χ1n) is 11.1. The van der Waals surface area contributed by atoms with Crippen LogP contribution in [0.4, 0.5) is 11.5 Å². The van der Waals surface area contributed by atoms with E-state index in [1.807, 2.05) is 31.2 Å². The molecule has 2 aromatic carbocycles. The van der Waals surface area contributed by atoms with Crippen LogP contribution < -0.4 is 14.8 Å². The zero-order valence-corrected chi connectivity index (χ0v) is 20.5. The van der Waals surface area contributed by atoms with Gasteiger partial charge in [0.25, 0.3) is 0 Å². The van der Waals surface area contributed by atoms with Crippen molar-refractivity contribution in [3.8, 4) is 11.5 Å². The second-order valence-electron chi connectivity index (χ2n) is 7.99. The van der Waals surface area contributed by atoms with Gasteiger partial charge in [-0.15, -0.1) is 0 Å². The van der Waals surface area contributed by atoms with Crippen molar-refractivity contribution in [3.63, 3.8) is 0 Å². The monoisotopic (exact) mass is 508 g/mol. The van der Waals surface area contributed by atoms with Crippen LogP contribution in [-0.2, 0) is 11.4 Å². The van der Waals surface area contributed by atoms with Crippen molar-refractivity contribution in [1.82, 2.24) is 24.8 Å². The number of aromatic nitrogens is 4. The van der Waals surface area contributed by atoms with Crippen LogP contribution in [0, 0.1) is 0 Å². The third-order valence-electron chi connectivity index (χ3n) is 5.23. The standard InChI is InChI=1S/C25H25ClN6O4/c1-16(12-32(2)23(34)13-33)36-22-5-3-4-20-24(22)25(30-15-29-20)31-17-6-7-21(19(26)10-17)35-14-18-11-27-8-9-28-18/h3-11,15-16,33H,12-14H2,1-2H3,(H,29,30,31)/t16-/m1/s1. The number of carbonyl (C=O) groups excluding carboxylic acids is 1. The van der Waals surface area contributed by atoms with Crippen molar-refractivity contribution in [2.24, 2.45) is 0 Å². The second-order valence-corrected chi connectivity index (χ2v) is 8.40. The number of carbonyl (C=O) groups is 1. The van der Waals surface area contributed by atoms with Crippen LogP contribution in [-0.4, -0.2) is 62.2 Å². The van der Waals surface area contributed by atoms with E-state index in [1.165, 1.54) is 11.2 Å². The molecule has 4 aromatic rings. The summed E-state index contributed by atoms with van der Waals surface area (Å²) in [5.41, 5.74) is 2.08. The number of aliphatic hydroxyl groups excluding tert-OH is 1. The maximum Gasteiger partial charge on any atom is 0.248 e. The molecule has 0 saturated carbocycles. The molecule has 0 radical (unpaired) electrons. The number of hydrogen-bond donors (Lipinski definition) is 2. The van der Waals surface area contributed by atoms with E-state index in [-0.39, 0.29) is 18.6 Å². The Labute approximate surface area is 212 Å². The van der Waals surface area contributed by atoms with Crippen LogP contribution in [0.5, 0.6) is 11.5 Å². The number of fused-ring (bicyclic) bond motifs is 1. The van der Waals surface area contributed by atoms with Crippen LogP contribution >= 0.6 is 11.6 Å². The van der Waals surface area contributed by atoms with Crippen molar-refractivity contribution in [2.75, 3.05) is 25.5 Å². The summed E-state index contributed by atoms with van der Waals surface area (Å²) in [6.07, 6.45) is 5.95. The van der Waals surface area contributed by atoms with E-state index in [0.717, 1.165) is 0 Å². The Bertz CT molecular complexity index is 1340. The molecule has 0 fully saturated rings. The number of amides is 1. The average Bonchev–Trinajstić information content (AvgIpc) is 2.88. The number of likely N-dealkylation sites (N-methyl/N-ethyl adjacent to an activating group) is 1. The number of aliphatic hydroxyl groups is 1. The van der Waals surface area contributed by atoms with Crippen molar-refractivity contribution in [3.05, 3.63) is 72.0 Å². The summed E-state index contributed by atoms with van der Waals surface area (Å²) >= 11 is 6.46. The molecular formula is C25H25ClN6O4. The summed E-state index contributed by atoms with van der Waals surface area (Å²) in [4.78, 5) is 30.1. The van der Waals surface area contributed by atoms with Crippen molar-refractivity contribution in [2.45, 2.75) is 19.6 Å². The van der Waals surface area contributed by atoms with Gasteiger partial charge in [0.2, 0.25) is 5.91 Å². The topological polar surface area (TPSA) is 123 Å². The quantitative estimate of drug-likeness (QED) is 0.330. The van der Waals surface area contributed by atoms with Gasteiger partial charge in [-0.05, 0) is 37.3 Å². The van der Waals surface area contributed by atoms with Gasteiger partial charge in [-0.1, -0.05) is 17.7 Å². The number of ether oxygens (including phenoxy) is 2. The molecule has 2 aromatic heterocycles. The van der Waals surface area contributed by atoms with E-state index >= 15 is 0 Å². The highest BCUT2D eigenvalue weighted by Crippen LogP contribution is 2.34. The molecule has 0 aliphatic carbocycles. The zero-order valence-electron chi connectivity index (χ0n) is 19.8. The summed E-state index contributed by atoms with van der Waals surface area (Å²) in [6.45, 7) is 1.84. The van der Waals surface area contributed by atoms with Gasteiger partial charge in [0.05, 0.1) is 34.4 Å². The van der Waals surface area contributed by atoms with E-state index in [2.05, 4.69) is 25.3 Å². The van der Waals surface area contributed by atoms with Gasteiger partial charge in [-0.25, -0.2) is 9.97 Å². The van der Waals surface area contributed by atoms with E-state index in [9.17, 15) is 4.79 Å². The number of benzene rings is 2. The predicted molar refractivity (Wildman–Crippen MR) is 135 cm³/mol. The Morgan fingerprint density at radius 2 is 2.03 bits per heavy atom. The number of nitrogens with zero attached hydrogens (tertiary/aromatic N) is 5. The molecular weight excluding hydrogens is 484 g/mol. The largest absolute Gasteiger partial charge is 0.488 e. The van der Waals surface area contributed by atoms with Crippen molar-refractivity contribution >= 4 is 39.9 Å². The molecule has 36 heavy (non-hydrogen) atoms. The summed E-state index contributed by atoms with van der Waals surface area (Å²) in [6, 6.07) is 10.8. The molecule has 1 amide bonds. The Morgan fingerprint density at radius 3 is 2.78 bits per heavy atom. The minimum absolute atomic E-state index is 0.245. The molecule has 0 aliphatic heterocycles. The molecule has 0 unspecified atom stereocenters. The predicted octanol–water partition coefficient (Wildman–Crippen LogP) is 3.61. The van der Waals surface area contributed by atoms with Gasteiger partial charge < -0.3 is 24.8 Å². The third-order valence-corrected chi connectivity index (χ3v) is 5.53. The highest BCUT2D eigenvalue weighted by Gasteiger charge is 2.16. The summed E-state index contributed by atoms with van der Waals surface area (Å²) < 4.78 is 11.9. The van der Waals surface area contributed by atoms with Crippen LogP contribution in [0.1, 0.15) is 12.6 Å². The number of hydrogen-bond acceptors (Lipinski definition) is 9. The fourth-order valence-corrected chi connectivity index (χ4v) is 3.76. The highest BCUT2D eigenvalue weighted by molar-refractivity contribution is 6.32. The molecule has 0 saturated heterocycles. The maximum absolute atomic E-state index is 11.7. The third kappa shape index (κ3) is 6.15. The first-order chi connectivity index (χ1) is 17.4. The number of halogens is 1. The molecule has 1 atom stereocenters. The Kier molecular flexibility index (Phi) is 8.09. The van der Waals surface area contributed by atoms with Crippen LogP contribution in [0.25, 0.3) is 10.9 Å². The smallest absolute Gasteiger partial charge is 0.248 e. The molecule has 0 bridgehead atoms. The minimum atomic E-state index is -0.549. The molecule has 11 heteroatoms. The zero-order chi connectivity index (χ0) is 25.5. The second kappa shape index (κ2) is 11.6. The van der Waals surface area contributed by atoms with Gasteiger partial charge in [0.15, 0.2) is 0 Å². The lowest BCUT2D eigenvalue weighted by molar-refractivity contribution is -0.133. The Balaban J connectivity index is 1.52. The molecule has 10 nitrogen and oxygen atoms in total. The summed E-state index contributed by atoms with van der Waals surface area (Å²) in [5.74, 6) is 1.23. The van der Waals surface area contributed by atoms with Crippen LogP contribution in [0.3, 0.4) is 0 Å². The Hall–Kier alpha value is -4.02. The minimum Gasteiger partial charge on any atom is -0.488 e. The fraction of sp³-hybridized carbons (Fsp3) is 0.240. The molecule has 186 valence electrons. The fourth-order valence-electron chi connectivity index (χ4n) is 3.52. The van der Waals surface area contributed by atoms with E-state index in [1.54, 1.807) is 37.8 Å². The first-order valence-corrected chi connectivity index (χ1v) is 11.5. The van der Waals surface area contributed by atoms with Gasteiger partial charge in [-0.3, -0.25) is 14.8 Å².